The maximum atomic E-state index is 5.14. The van der Waals surface area contributed by atoms with Crippen molar-refractivity contribution in [3.63, 3.8) is 0 Å². The summed E-state index contributed by atoms with van der Waals surface area (Å²) in [5, 5.41) is 0. The second-order valence-corrected chi connectivity index (χ2v) is 8.26. The van der Waals surface area contributed by atoms with E-state index >= 15 is 0 Å². The summed E-state index contributed by atoms with van der Waals surface area (Å²) < 4.78 is 2.38. The Morgan fingerprint density at radius 1 is 0.920 bits per heavy atom. The van der Waals surface area contributed by atoms with Crippen molar-refractivity contribution >= 4 is 0 Å². The summed E-state index contributed by atoms with van der Waals surface area (Å²) >= 11 is 0. The first-order valence-electron chi connectivity index (χ1n) is 9.17. The van der Waals surface area contributed by atoms with Gasteiger partial charge in [0.1, 0.15) is 5.82 Å². The Hall–Kier alpha value is -2.35. The van der Waals surface area contributed by atoms with Gasteiger partial charge < -0.3 is 4.57 Å². The molecule has 25 heavy (non-hydrogen) atoms. The van der Waals surface area contributed by atoms with E-state index in [9.17, 15) is 0 Å². The SMILES string of the molecule is CC(C)(C)C1(c2nc(-c3ccccc3)cn2Cc2ccccc2)CC1. The van der Waals surface area contributed by atoms with E-state index in [-0.39, 0.29) is 10.8 Å². The van der Waals surface area contributed by atoms with E-state index in [1.807, 2.05) is 0 Å². The first-order valence-corrected chi connectivity index (χ1v) is 9.17. The summed E-state index contributed by atoms with van der Waals surface area (Å²) in [6, 6.07) is 21.2. The third kappa shape index (κ3) is 2.90. The van der Waals surface area contributed by atoms with Gasteiger partial charge >= 0.3 is 0 Å². The van der Waals surface area contributed by atoms with Gasteiger partial charge in [-0.25, -0.2) is 4.98 Å². The number of aromatic nitrogens is 2. The van der Waals surface area contributed by atoms with Gasteiger partial charge in [-0.05, 0) is 23.8 Å². The maximum Gasteiger partial charge on any atom is 0.116 e. The molecule has 4 rings (SSSR count). The predicted octanol–water partition coefficient (Wildman–Crippen LogP) is 5.68. The molecule has 1 aliphatic rings. The lowest BCUT2D eigenvalue weighted by atomic mass is 9.77. The molecule has 0 N–H and O–H groups in total. The van der Waals surface area contributed by atoms with Gasteiger partial charge in [-0.2, -0.15) is 0 Å². The smallest absolute Gasteiger partial charge is 0.116 e. The van der Waals surface area contributed by atoms with Crippen molar-refractivity contribution in [1.29, 1.82) is 0 Å². The average molecular weight is 330 g/mol. The van der Waals surface area contributed by atoms with E-state index in [1.165, 1.54) is 29.8 Å². The molecule has 2 aromatic carbocycles. The third-order valence-corrected chi connectivity index (χ3v) is 5.66. The molecular formula is C23H26N2. The van der Waals surface area contributed by atoms with Gasteiger partial charge in [0.25, 0.3) is 0 Å². The van der Waals surface area contributed by atoms with E-state index in [0.717, 1.165) is 12.2 Å². The molecule has 1 aromatic heterocycles. The Bertz CT molecular complexity index is 850. The molecule has 1 aliphatic carbocycles. The van der Waals surface area contributed by atoms with Crippen LogP contribution in [-0.4, -0.2) is 9.55 Å². The quantitative estimate of drug-likeness (QED) is 0.602. The van der Waals surface area contributed by atoms with Gasteiger partial charge in [0.05, 0.1) is 5.69 Å². The number of rotatable bonds is 4. The standard InChI is InChI=1S/C23H26N2/c1-22(2,3)23(14-15-23)21-24-20(19-12-8-5-9-13-19)17-25(21)16-18-10-6-4-7-11-18/h4-13,17H,14-16H2,1-3H3. The highest BCUT2D eigenvalue weighted by molar-refractivity contribution is 5.59. The summed E-state index contributed by atoms with van der Waals surface area (Å²) in [5.41, 5.74) is 4.03. The molecule has 0 bridgehead atoms. The van der Waals surface area contributed by atoms with E-state index in [0.29, 0.717) is 0 Å². The molecule has 1 fully saturated rings. The Balaban J connectivity index is 1.80. The molecule has 0 amide bonds. The van der Waals surface area contributed by atoms with Crippen LogP contribution in [0.15, 0.2) is 66.9 Å². The van der Waals surface area contributed by atoms with E-state index < -0.39 is 0 Å². The minimum atomic E-state index is 0.203. The zero-order valence-corrected chi connectivity index (χ0v) is 15.4. The second-order valence-electron chi connectivity index (χ2n) is 8.26. The van der Waals surface area contributed by atoms with E-state index in [4.69, 9.17) is 4.98 Å². The van der Waals surface area contributed by atoms with Gasteiger partial charge in [-0.3, -0.25) is 0 Å². The summed E-state index contributed by atoms with van der Waals surface area (Å²) in [5.74, 6) is 1.25. The molecule has 0 saturated heterocycles. The minimum Gasteiger partial charge on any atom is -0.329 e. The number of imidazole rings is 1. The lowest BCUT2D eigenvalue weighted by Crippen LogP contribution is -2.29. The number of nitrogens with zero attached hydrogens (tertiary/aromatic N) is 2. The zero-order valence-electron chi connectivity index (χ0n) is 15.4. The Morgan fingerprint density at radius 2 is 1.52 bits per heavy atom. The van der Waals surface area contributed by atoms with Crippen molar-refractivity contribution in [1.82, 2.24) is 9.55 Å². The van der Waals surface area contributed by atoms with Crippen molar-refractivity contribution in [3.8, 4) is 11.3 Å². The molecule has 1 heterocycles. The van der Waals surface area contributed by atoms with Crippen LogP contribution in [0, 0.1) is 5.41 Å². The second kappa shape index (κ2) is 5.87. The van der Waals surface area contributed by atoms with E-state index in [2.05, 4.69) is 92.2 Å². The molecule has 3 aromatic rings. The molecule has 0 spiro atoms. The molecule has 0 unspecified atom stereocenters. The van der Waals surface area contributed by atoms with Crippen LogP contribution in [0.5, 0.6) is 0 Å². The summed E-state index contributed by atoms with van der Waals surface area (Å²) in [6.07, 6.45) is 4.70. The molecule has 0 aliphatic heterocycles. The zero-order chi connectivity index (χ0) is 17.5. The average Bonchev–Trinajstić information content (AvgIpc) is 3.33. The fourth-order valence-corrected chi connectivity index (χ4v) is 3.88. The Kier molecular flexibility index (Phi) is 3.79. The van der Waals surface area contributed by atoms with Gasteiger partial charge in [0, 0.05) is 23.7 Å². The van der Waals surface area contributed by atoms with Crippen molar-refractivity contribution in [3.05, 3.63) is 78.2 Å². The van der Waals surface area contributed by atoms with Crippen LogP contribution < -0.4 is 0 Å². The van der Waals surface area contributed by atoms with Crippen LogP contribution in [0.25, 0.3) is 11.3 Å². The highest BCUT2D eigenvalue weighted by atomic mass is 15.1. The monoisotopic (exact) mass is 330 g/mol. The van der Waals surface area contributed by atoms with Crippen LogP contribution in [0.2, 0.25) is 0 Å². The molecule has 128 valence electrons. The fraction of sp³-hybridized carbons (Fsp3) is 0.348. The fourth-order valence-electron chi connectivity index (χ4n) is 3.88. The number of hydrogen-bond acceptors (Lipinski definition) is 1. The predicted molar refractivity (Wildman–Crippen MR) is 104 cm³/mol. The van der Waals surface area contributed by atoms with E-state index in [1.54, 1.807) is 0 Å². The normalized spacial score (nSPS) is 16.0. The topological polar surface area (TPSA) is 17.8 Å². The lowest BCUT2D eigenvalue weighted by Gasteiger charge is -2.31. The summed E-state index contributed by atoms with van der Waals surface area (Å²) in [7, 11) is 0. The summed E-state index contributed by atoms with van der Waals surface area (Å²) in [6.45, 7) is 7.94. The Morgan fingerprint density at radius 3 is 2.08 bits per heavy atom. The molecule has 0 radical (unpaired) electrons. The van der Waals surface area contributed by atoms with Crippen LogP contribution in [0.4, 0.5) is 0 Å². The largest absolute Gasteiger partial charge is 0.329 e. The van der Waals surface area contributed by atoms with Crippen molar-refractivity contribution in [2.45, 2.75) is 45.6 Å². The van der Waals surface area contributed by atoms with Crippen LogP contribution in [-0.2, 0) is 12.0 Å². The van der Waals surface area contributed by atoms with Crippen molar-refractivity contribution < 1.29 is 0 Å². The van der Waals surface area contributed by atoms with Gasteiger partial charge in [-0.1, -0.05) is 81.4 Å². The van der Waals surface area contributed by atoms with Crippen molar-refractivity contribution in [2.24, 2.45) is 5.41 Å². The molecule has 2 heteroatoms. The van der Waals surface area contributed by atoms with Crippen LogP contribution in [0.1, 0.15) is 45.0 Å². The number of benzene rings is 2. The molecule has 2 nitrogen and oxygen atoms in total. The van der Waals surface area contributed by atoms with Crippen molar-refractivity contribution in [2.75, 3.05) is 0 Å². The minimum absolute atomic E-state index is 0.203. The highest BCUT2D eigenvalue weighted by Gasteiger charge is 2.56. The Labute approximate surface area is 150 Å². The third-order valence-electron chi connectivity index (χ3n) is 5.66. The molecular weight excluding hydrogens is 304 g/mol. The lowest BCUT2D eigenvalue weighted by molar-refractivity contribution is 0.280. The molecule has 0 atom stereocenters. The summed E-state index contributed by atoms with van der Waals surface area (Å²) in [4.78, 5) is 5.14. The first-order chi connectivity index (χ1) is 12.0. The highest BCUT2D eigenvalue weighted by Crippen LogP contribution is 2.59. The molecule has 1 saturated carbocycles. The van der Waals surface area contributed by atoms with Crippen LogP contribution >= 0.6 is 0 Å². The first kappa shape index (κ1) is 16.1. The van der Waals surface area contributed by atoms with Gasteiger partial charge in [0.15, 0.2) is 0 Å². The number of hydrogen-bond donors (Lipinski definition) is 0. The van der Waals surface area contributed by atoms with Crippen LogP contribution in [0.3, 0.4) is 0 Å². The van der Waals surface area contributed by atoms with Gasteiger partial charge in [-0.15, -0.1) is 0 Å². The van der Waals surface area contributed by atoms with Gasteiger partial charge in [0.2, 0.25) is 0 Å². The maximum absolute atomic E-state index is 5.14.